The number of amides is 1. The molecule has 6 heteroatoms. The summed E-state index contributed by atoms with van der Waals surface area (Å²) in [5.41, 5.74) is 1.54. The van der Waals surface area contributed by atoms with E-state index in [9.17, 15) is 4.79 Å². The van der Waals surface area contributed by atoms with Gasteiger partial charge in [-0.15, -0.1) is 10.2 Å². The Morgan fingerprint density at radius 1 is 0.875 bits per heavy atom. The molecule has 0 saturated carbocycles. The van der Waals surface area contributed by atoms with E-state index in [1.807, 2.05) is 30.3 Å². The van der Waals surface area contributed by atoms with Crippen LogP contribution in [0.2, 0.25) is 5.02 Å². The fraction of sp³-hybridized carbons (Fsp3) is 0.0556. The van der Waals surface area contributed by atoms with Gasteiger partial charge in [-0.1, -0.05) is 54.1 Å². The zero-order chi connectivity index (χ0) is 16.8. The van der Waals surface area contributed by atoms with E-state index >= 15 is 0 Å². The van der Waals surface area contributed by atoms with Crippen molar-refractivity contribution in [1.29, 1.82) is 0 Å². The Labute approximate surface area is 144 Å². The van der Waals surface area contributed by atoms with Gasteiger partial charge < -0.3 is 10.6 Å². The Bertz CT molecular complexity index is 822. The van der Waals surface area contributed by atoms with Crippen molar-refractivity contribution in [2.24, 2.45) is 0 Å². The van der Waals surface area contributed by atoms with Crippen LogP contribution in [0.3, 0.4) is 0 Å². The molecule has 0 saturated heterocycles. The highest BCUT2D eigenvalue weighted by Crippen LogP contribution is 2.16. The van der Waals surface area contributed by atoms with Gasteiger partial charge in [0.25, 0.3) is 5.91 Å². The van der Waals surface area contributed by atoms with Crippen molar-refractivity contribution in [3.63, 3.8) is 0 Å². The fourth-order valence-electron chi connectivity index (χ4n) is 2.11. The number of anilines is 2. The lowest BCUT2D eigenvalue weighted by molar-refractivity contribution is 0.102. The van der Waals surface area contributed by atoms with E-state index in [4.69, 9.17) is 11.6 Å². The topological polar surface area (TPSA) is 66.9 Å². The van der Waals surface area contributed by atoms with E-state index < -0.39 is 0 Å². The molecular formula is C18H15ClN4O. The fourth-order valence-corrected chi connectivity index (χ4v) is 2.33. The third-order valence-corrected chi connectivity index (χ3v) is 3.67. The molecule has 0 unspecified atom stereocenters. The normalized spacial score (nSPS) is 10.2. The largest absolute Gasteiger partial charge is 0.365 e. The van der Waals surface area contributed by atoms with Crippen molar-refractivity contribution in [1.82, 2.24) is 10.2 Å². The number of carbonyl (C=O) groups is 1. The van der Waals surface area contributed by atoms with Gasteiger partial charge in [0.1, 0.15) is 5.82 Å². The van der Waals surface area contributed by atoms with Gasteiger partial charge in [0, 0.05) is 6.54 Å². The molecule has 0 fully saturated rings. The smallest absolute Gasteiger partial charge is 0.258 e. The predicted molar refractivity (Wildman–Crippen MR) is 95.2 cm³/mol. The van der Waals surface area contributed by atoms with E-state index in [1.54, 1.807) is 36.4 Å². The molecule has 3 aromatic rings. The first-order valence-corrected chi connectivity index (χ1v) is 7.77. The molecule has 0 atom stereocenters. The van der Waals surface area contributed by atoms with Gasteiger partial charge in [-0.25, -0.2) is 0 Å². The second-order valence-electron chi connectivity index (χ2n) is 5.08. The summed E-state index contributed by atoms with van der Waals surface area (Å²) < 4.78 is 0. The van der Waals surface area contributed by atoms with Crippen LogP contribution in [0.5, 0.6) is 0 Å². The molecule has 1 aromatic heterocycles. The lowest BCUT2D eigenvalue weighted by Gasteiger charge is -2.07. The first kappa shape index (κ1) is 16.0. The van der Waals surface area contributed by atoms with Crippen LogP contribution in [0.15, 0.2) is 66.7 Å². The molecule has 24 heavy (non-hydrogen) atoms. The Balaban J connectivity index is 1.60. The Hall–Kier alpha value is -2.92. The van der Waals surface area contributed by atoms with E-state index in [1.165, 1.54) is 0 Å². The van der Waals surface area contributed by atoms with Crippen molar-refractivity contribution in [3.05, 3.63) is 82.9 Å². The van der Waals surface area contributed by atoms with Crippen molar-refractivity contribution < 1.29 is 4.79 Å². The van der Waals surface area contributed by atoms with Crippen LogP contribution < -0.4 is 10.6 Å². The highest BCUT2D eigenvalue weighted by atomic mass is 35.5. The number of nitrogens with one attached hydrogen (secondary N) is 2. The van der Waals surface area contributed by atoms with E-state index in [0.29, 0.717) is 28.8 Å². The number of aromatic nitrogens is 2. The molecule has 120 valence electrons. The highest BCUT2D eigenvalue weighted by Gasteiger charge is 2.10. The van der Waals surface area contributed by atoms with Gasteiger partial charge in [-0.2, -0.15) is 0 Å². The first-order valence-electron chi connectivity index (χ1n) is 7.40. The standard InChI is InChI=1S/C18H15ClN4O/c19-15-9-5-4-8-14(15)18(24)21-17-11-10-16(22-23-17)20-12-13-6-2-1-3-7-13/h1-11H,12H2,(H,20,22)(H,21,23,24). The summed E-state index contributed by atoms with van der Waals surface area (Å²) in [7, 11) is 0. The zero-order valence-corrected chi connectivity index (χ0v) is 13.5. The maximum atomic E-state index is 12.2. The lowest BCUT2D eigenvalue weighted by Crippen LogP contribution is -2.14. The number of halogens is 1. The molecular weight excluding hydrogens is 324 g/mol. The Kier molecular flexibility index (Phi) is 5.03. The maximum absolute atomic E-state index is 12.2. The van der Waals surface area contributed by atoms with Crippen molar-refractivity contribution in [2.75, 3.05) is 10.6 Å². The summed E-state index contributed by atoms with van der Waals surface area (Å²) in [6.45, 7) is 0.654. The second kappa shape index (κ2) is 7.57. The number of rotatable bonds is 5. The van der Waals surface area contributed by atoms with Gasteiger partial charge in [0.2, 0.25) is 0 Å². The Morgan fingerprint density at radius 3 is 2.25 bits per heavy atom. The summed E-state index contributed by atoms with van der Waals surface area (Å²) in [6.07, 6.45) is 0. The van der Waals surface area contributed by atoms with Crippen LogP contribution in [-0.4, -0.2) is 16.1 Å². The summed E-state index contributed by atoms with van der Waals surface area (Å²) >= 11 is 6.00. The van der Waals surface area contributed by atoms with Crippen LogP contribution in [0.4, 0.5) is 11.6 Å². The number of carbonyl (C=O) groups excluding carboxylic acids is 1. The molecule has 1 amide bonds. The molecule has 0 radical (unpaired) electrons. The molecule has 1 heterocycles. The summed E-state index contributed by atoms with van der Waals surface area (Å²) in [5.74, 6) is 0.680. The van der Waals surface area contributed by atoms with Crippen LogP contribution in [0, 0.1) is 0 Å². The maximum Gasteiger partial charge on any atom is 0.258 e. The minimum Gasteiger partial charge on any atom is -0.365 e. The van der Waals surface area contributed by atoms with Gasteiger partial charge in [-0.3, -0.25) is 4.79 Å². The first-order chi connectivity index (χ1) is 11.7. The van der Waals surface area contributed by atoms with Crippen molar-refractivity contribution in [3.8, 4) is 0 Å². The van der Waals surface area contributed by atoms with E-state index in [2.05, 4.69) is 20.8 Å². The number of benzene rings is 2. The van der Waals surface area contributed by atoms with Crippen LogP contribution in [0.25, 0.3) is 0 Å². The molecule has 2 N–H and O–H groups in total. The average Bonchev–Trinajstić information content (AvgIpc) is 2.62. The van der Waals surface area contributed by atoms with Gasteiger partial charge in [-0.05, 0) is 29.8 Å². The van der Waals surface area contributed by atoms with Crippen molar-refractivity contribution >= 4 is 29.1 Å². The molecule has 0 aliphatic heterocycles. The molecule has 0 aliphatic rings. The monoisotopic (exact) mass is 338 g/mol. The third-order valence-electron chi connectivity index (χ3n) is 3.34. The second-order valence-corrected chi connectivity index (χ2v) is 5.48. The van der Waals surface area contributed by atoms with Gasteiger partial charge in [0.15, 0.2) is 5.82 Å². The van der Waals surface area contributed by atoms with Crippen LogP contribution in [-0.2, 0) is 6.54 Å². The lowest BCUT2D eigenvalue weighted by atomic mass is 10.2. The highest BCUT2D eigenvalue weighted by molar-refractivity contribution is 6.34. The Morgan fingerprint density at radius 2 is 1.54 bits per heavy atom. The number of hydrogen-bond donors (Lipinski definition) is 2. The number of nitrogens with zero attached hydrogens (tertiary/aromatic N) is 2. The quantitative estimate of drug-likeness (QED) is 0.738. The van der Waals surface area contributed by atoms with Crippen molar-refractivity contribution in [2.45, 2.75) is 6.54 Å². The predicted octanol–water partition coefficient (Wildman–Crippen LogP) is 3.99. The van der Waals surface area contributed by atoms with Crippen LogP contribution >= 0.6 is 11.6 Å². The molecule has 0 bridgehead atoms. The SMILES string of the molecule is O=C(Nc1ccc(NCc2ccccc2)nn1)c1ccccc1Cl. The molecule has 0 spiro atoms. The third kappa shape index (κ3) is 4.08. The van der Waals surface area contributed by atoms with E-state index in [-0.39, 0.29) is 5.91 Å². The minimum atomic E-state index is -0.320. The summed E-state index contributed by atoms with van der Waals surface area (Å²) in [5, 5.41) is 14.3. The van der Waals surface area contributed by atoms with E-state index in [0.717, 1.165) is 5.56 Å². The summed E-state index contributed by atoms with van der Waals surface area (Å²) in [4.78, 5) is 12.2. The zero-order valence-electron chi connectivity index (χ0n) is 12.7. The van der Waals surface area contributed by atoms with Gasteiger partial charge >= 0.3 is 0 Å². The molecule has 0 aliphatic carbocycles. The van der Waals surface area contributed by atoms with Crippen LogP contribution in [0.1, 0.15) is 15.9 Å². The molecule has 3 rings (SSSR count). The summed E-state index contributed by atoms with van der Waals surface area (Å²) in [6, 6.07) is 20.3. The number of hydrogen-bond acceptors (Lipinski definition) is 4. The molecule has 5 nitrogen and oxygen atoms in total. The average molecular weight is 339 g/mol. The molecule has 2 aromatic carbocycles. The van der Waals surface area contributed by atoms with Gasteiger partial charge in [0.05, 0.1) is 10.6 Å². The minimum absolute atomic E-state index is 0.320.